The molecule has 0 spiro atoms. The summed E-state index contributed by atoms with van der Waals surface area (Å²) in [5.41, 5.74) is 3.43. The van der Waals surface area contributed by atoms with Crippen molar-refractivity contribution in [2.75, 3.05) is 6.54 Å². The van der Waals surface area contributed by atoms with Crippen LogP contribution < -0.4 is 5.32 Å². The van der Waals surface area contributed by atoms with Gasteiger partial charge >= 0.3 is 0 Å². The quantitative estimate of drug-likeness (QED) is 0.913. The summed E-state index contributed by atoms with van der Waals surface area (Å²) in [6, 6.07) is 15.2. The second-order valence-electron chi connectivity index (χ2n) is 7.53. The van der Waals surface area contributed by atoms with Crippen LogP contribution in [0.4, 0.5) is 0 Å². The molecule has 0 atom stereocenters. The molecule has 2 aromatic carbocycles. The van der Waals surface area contributed by atoms with Gasteiger partial charge in [-0.15, -0.1) is 0 Å². The van der Waals surface area contributed by atoms with Crippen LogP contribution in [0.5, 0.6) is 0 Å². The van der Waals surface area contributed by atoms with Gasteiger partial charge in [0.2, 0.25) is 0 Å². The zero-order valence-corrected chi connectivity index (χ0v) is 15.0. The maximum atomic E-state index is 12.7. The van der Waals surface area contributed by atoms with Crippen molar-refractivity contribution in [3.05, 3.63) is 70.8 Å². The molecule has 4 heteroatoms. The highest BCUT2D eigenvalue weighted by Gasteiger charge is 2.22. The van der Waals surface area contributed by atoms with Crippen molar-refractivity contribution in [1.82, 2.24) is 10.2 Å². The van der Waals surface area contributed by atoms with Gasteiger partial charge in [-0.1, -0.05) is 24.3 Å². The lowest BCUT2D eigenvalue weighted by molar-refractivity contribution is 0.0734. The van der Waals surface area contributed by atoms with Gasteiger partial charge in [0.1, 0.15) is 0 Å². The zero-order valence-electron chi connectivity index (χ0n) is 15.0. The molecule has 0 unspecified atom stereocenters. The average molecular weight is 336 g/mol. The number of nitrogens with zero attached hydrogens (tertiary/aromatic N) is 1. The second-order valence-corrected chi connectivity index (χ2v) is 7.53. The standard InChI is InChI=1S/C21H24N2O2/c1-21(2,3)22-19(24)16-8-10-17(11-9-16)20(25)23-13-12-15-6-4-5-7-18(15)14-23/h4-11H,12-14H2,1-3H3,(H,22,24). The van der Waals surface area contributed by atoms with Gasteiger partial charge in [0, 0.05) is 29.8 Å². The van der Waals surface area contributed by atoms with Crippen LogP contribution in [0.15, 0.2) is 48.5 Å². The Kier molecular flexibility index (Phi) is 4.62. The molecule has 0 saturated heterocycles. The fourth-order valence-electron chi connectivity index (χ4n) is 3.03. The van der Waals surface area contributed by atoms with Crippen LogP contribution in [0.2, 0.25) is 0 Å². The minimum atomic E-state index is -0.285. The first kappa shape index (κ1) is 17.2. The molecule has 130 valence electrons. The van der Waals surface area contributed by atoms with Crippen LogP contribution in [0, 0.1) is 0 Å². The molecule has 0 bridgehead atoms. The molecule has 1 heterocycles. The van der Waals surface area contributed by atoms with Gasteiger partial charge in [-0.3, -0.25) is 9.59 Å². The van der Waals surface area contributed by atoms with E-state index in [0.717, 1.165) is 13.0 Å². The highest BCUT2D eigenvalue weighted by atomic mass is 16.2. The van der Waals surface area contributed by atoms with Gasteiger partial charge < -0.3 is 10.2 Å². The second kappa shape index (κ2) is 6.71. The fourth-order valence-corrected chi connectivity index (χ4v) is 3.03. The molecule has 1 N–H and O–H groups in total. The molecule has 4 nitrogen and oxygen atoms in total. The van der Waals surface area contributed by atoms with Crippen LogP contribution in [0.3, 0.4) is 0 Å². The summed E-state index contributed by atoms with van der Waals surface area (Å²) in [6.45, 7) is 7.19. The van der Waals surface area contributed by atoms with Crippen molar-refractivity contribution in [1.29, 1.82) is 0 Å². The minimum Gasteiger partial charge on any atom is -0.347 e. The number of rotatable bonds is 2. The van der Waals surface area contributed by atoms with Crippen LogP contribution in [0.25, 0.3) is 0 Å². The van der Waals surface area contributed by atoms with Gasteiger partial charge in [0.15, 0.2) is 0 Å². The Bertz CT molecular complexity index is 788. The Hall–Kier alpha value is -2.62. The summed E-state index contributed by atoms with van der Waals surface area (Å²) in [4.78, 5) is 26.8. The first-order chi connectivity index (χ1) is 11.8. The molecule has 1 aliphatic heterocycles. The van der Waals surface area contributed by atoms with Gasteiger partial charge in [0.25, 0.3) is 11.8 Å². The van der Waals surface area contributed by atoms with E-state index in [1.54, 1.807) is 24.3 Å². The zero-order chi connectivity index (χ0) is 18.0. The van der Waals surface area contributed by atoms with E-state index in [4.69, 9.17) is 0 Å². The summed E-state index contributed by atoms with van der Waals surface area (Å²) in [7, 11) is 0. The van der Waals surface area contributed by atoms with Crippen molar-refractivity contribution in [3.63, 3.8) is 0 Å². The topological polar surface area (TPSA) is 49.4 Å². The van der Waals surface area contributed by atoms with E-state index in [2.05, 4.69) is 17.4 Å². The fraction of sp³-hybridized carbons (Fsp3) is 0.333. The molecule has 0 radical (unpaired) electrons. The number of nitrogens with one attached hydrogen (secondary N) is 1. The number of carbonyl (C=O) groups excluding carboxylic acids is 2. The van der Waals surface area contributed by atoms with Crippen LogP contribution in [-0.2, 0) is 13.0 Å². The Morgan fingerprint density at radius 3 is 2.16 bits per heavy atom. The highest BCUT2D eigenvalue weighted by molar-refractivity contribution is 5.98. The van der Waals surface area contributed by atoms with E-state index in [1.807, 2.05) is 37.8 Å². The van der Waals surface area contributed by atoms with Crippen molar-refractivity contribution in [2.24, 2.45) is 0 Å². The minimum absolute atomic E-state index is 0.0114. The number of carbonyl (C=O) groups is 2. The molecule has 25 heavy (non-hydrogen) atoms. The van der Waals surface area contributed by atoms with Crippen LogP contribution in [0.1, 0.15) is 52.6 Å². The number of amides is 2. The van der Waals surface area contributed by atoms with E-state index in [0.29, 0.717) is 17.7 Å². The summed E-state index contributed by atoms with van der Waals surface area (Å²) >= 11 is 0. The number of benzene rings is 2. The maximum absolute atomic E-state index is 12.7. The molecule has 0 aromatic heterocycles. The van der Waals surface area contributed by atoms with Crippen molar-refractivity contribution < 1.29 is 9.59 Å². The van der Waals surface area contributed by atoms with Crippen molar-refractivity contribution in [3.8, 4) is 0 Å². The van der Waals surface area contributed by atoms with Gasteiger partial charge in [-0.2, -0.15) is 0 Å². The van der Waals surface area contributed by atoms with Crippen LogP contribution >= 0.6 is 0 Å². The molecular formula is C21H24N2O2. The highest BCUT2D eigenvalue weighted by Crippen LogP contribution is 2.20. The first-order valence-electron chi connectivity index (χ1n) is 8.62. The van der Waals surface area contributed by atoms with E-state index in [9.17, 15) is 9.59 Å². The van der Waals surface area contributed by atoms with Gasteiger partial charge in [0.05, 0.1) is 0 Å². The first-order valence-corrected chi connectivity index (χ1v) is 8.62. The molecule has 2 amide bonds. The van der Waals surface area contributed by atoms with E-state index in [-0.39, 0.29) is 17.4 Å². The molecule has 0 fully saturated rings. The SMILES string of the molecule is CC(C)(C)NC(=O)c1ccc(C(=O)N2CCc3ccccc3C2)cc1. The van der Waals surface area contributed by atoms with Crippen LogP contribution in [-0.4, -0.2) is 28.8 Å². The average Bonchev–Trinajstić information content (AvgIpc) is 2.59. The van der Waals surface area contributed by atoms with Gasteiger partial charge in [-0.25, -0.2) is 0 Å². The smallest absolute Gasteiger partial charge is 0.254 e. The van der Waals surface area contributed by atoms with Crippen molar-refractivity contribution in [2.45, 2.75) is 39.3 Å². The predicted molar refractivity (Wildman–Crippen MR) is 98.5 cm³/mol. The lowest BCUT2D eigenvalue weighted by Crippen LogP contribution is -2.40. The van der Waals surface area contributed by atoms with E-state index in [1.165, 1.54) is 11.1 Å². The van der Waals surface area contributed by atoms with Crippen molar-refractivity contribution >= 4 is 11.8 Å². The summed E-state index contributed by atoms with van der Waals surface area (Å²) < 4.78 is 0. The van der Waals surface area contributed by atoms with Gasteiger partial charge in [-0.05, 0) is 62.6 Å². The maximum Gasteiger partial charge on any atom is 0.254 e. The number of fused-ring (bicyclic) bond motifs is 1. The molecular weight excluding hydrogens is 312 g/mol. The third-order valence-electron chi connectivity index (χ3n) is 4.30. The normalized spacial score (nSPS) is 14.0. The summed E-state index contributed by atoms with van der Waals surface area (Å²) in [6.07, 6.45) is 0.883. The largest absolute Gasteiger partial charge is 0.347 e. The Labute approximate surface area is 148 Å². The Morgan fingerprint density at radius 2 is 1.52 bits per heavy atom. The Balaban J connectivity index is 1.70. The summed E-state index contributed by atoms with van der Waals surface area (Å²) in [5, 5.41) is 2.92. The third-order valence-corrected chi connectivity index (χ3v) is 4.30. The molecule has 1 aliphatic rings. The Morgan fingerprint density at radius 1 is 0.920 bits per heavy atom. The molecule has 0 aliphatic carbocycles. The predicted octanol–water partition coefficient (Wildman–Crippen LogP) is 3.41. The lowest BCUT2D eigenvalue weighted by Gasteiger charge is -2.29. The molecule has 3 rings (SSSR count). The number of hydrogen-bond donors (Lipinski definition) is 1. The monoisotopic (exact) mass is 336 g/mol. The third kappa shape index (κ3) is 4.08. The number of hydrogen-bond acceptors (Lipinski definition) is 2. The van der Waals surface area contributed by atoms with E-state index >= 15 is 0 Å². The van der Waals surface area contributed by atoms with E-state index < -0.39 is 0 Å². The molecule has 2 aromatic rings. The summed E-state index contributed by atoms with van der Waals surface area (Å²) in [5.74, 6) is -0.115. The molecule has 0 saturated carbocycles. The lowest BCUT2D eigenvalue weighted by atomic mass is 9.99.